The SMILES string of the molecule is COc1ccc(F)c(NC(C)c2cccc(C)c2)c1. The highest BCUT2D eigenvalue weighted by molar-refractivity contribution is 5.51. The minimum absolute atomic E-state index is 0.0292. The number of aryl methyl sites for hydroxylation is 1. The molecule has 0 saturated heterocycles. The largest absolute Gasteiger partial charge is 0.497 e. The Bertz CT molecular complexity index is 568. The van der Waals surface area contributed by atoms with Crippen molar-refractivity contribution in [2.24, 2.45) is 0 Å². The summed E-state index contributed by atoms with van der Waals surface area (Å²) in [6, 6.07) is 12.9. The number of nitrogens with one attached hydrogen (secondary N) is 1. The predicted molar refractivity (Wildman–Crippen MR) is 76.2 cm³/mol. The van der Waals surface area contributed by atoms with Crippen LogP contribution in [0.1, 0.15) is 24.1 Å². The van der Waals surface area contributed by atoms with Crippen LogP contribution in [0.25, 0.3) is 0 Å². The molecule has 0 fully saturated rings. The molecule has 0 radical (unpaired) electrons. The Morgan fingerprint density at radius 1 is 1.16 bits per heavy atom. The molecule has 2 nitrogen and oxygen atoms in total. The number of hydrogen-bond donors (Lipinski definition) is 1. The van der Waals surface area contributed by atoms with Gasteiger partial charge in [-0.2, -0.15) is 0 Å². The average Bonchev–Trinajstić information content (AvgIpc) is 2.41. The van der Waals surface area contributed by atoms with Crippen molar-refractivity contribution in [2.45, 2.75) is 19.9 Å². The van der Waals surface area contributed by atoms with Crippen molar-refractivity contribution in [1.29, 1.82) is 0 Å². The van der Waals surface area contributed by atoms with Gasteiger partial charge in [-0.3, -0.25) is 0 Å². The highest BCUT2D eigenvalue weighted by Crippen LogP contribution is 2.25. The molecule has 0 aromatic heterocycles. The van der Waals surface area contributed by atoms with Gasteiger partial charge < -0.3 is 10.1 Å². The van der Waals surface area contributed by atoms with Crippen molar-refractivity contribution >= 4 is 5.69 Å². The molecule has 0 saturated carbocycles. The van der Waals surface area contributed by atoms with Crippen LogP contribution in [0.4, 0.5) is 10.1 Å². The summed E-state index contributed by atoms with van der Waals surface area (Å²) in [5.74, 6) is 0.362. The predicted octanol–water partition coefficient (Wildman–Crippen LogP) is 4.32. The smallest absolute Gasteiger partial charge is 0.146 e. The molecule has 19 heavy (non-hydrogen) atoms. The lowest BCUT2D eigenvalue weighted by molar-refractivity contribution is 0.414. The minimum atomic E-state index is -0.277. The van der Waals surface area contributed by atoms with E-state index in [0.29, 0.717) is 11.4 Å². The van der Waals surface area contributed by atoms with Gasteiger partial charge in [-0.05, 0) is 31.5 Å². The quantitative estimate of drug-likeness (QED) is 0.883. The fraction of sp³-hybridized carbons (Fsp3) is 0.250. The summed E-state index contributed by atoms with van der Waals surface area (Å²) >= 11 is 0. The fourth-order valence-corrected chi connectivity index (χ4v) is 2.00. The Balaban J connectivity index is 2.21. The highest BCUT2D eigenvalue weighted by atomic mass is 19.1. The number of methoxy groups -OCH3 is 1. The lowest BCUT2D eigenvalue weighted by Crippen LogP contribution is -2.08. The number of hydrogen-bond acceptors (Lipinski definition) is 2. The molecular formula is C16H18FNO. The lowest BCUT2D eigenvalue weighted by atomic mass is 10.1. The van der Waals surface area contributed by atoms with Gasteiger partial charge in [0.2, 0.25) is 0 Å². The van der Waals surface area contributed by atoms with E-state index >= 15 is 0 Å². The Hall–Kier alpha value is -2.03. The van der Waals surface area contributed by atoms with Gasteiger partial charge in [-0.1, -0.05) is 29.8 Å². The molecule has 3 heteroatoms. The molecule has 0 aliphatic heterocycles. The normalized spacial score (nSPS) is 12.0. The molecule has 0 aliphatic rings. The van der Waals surface area contributed by atoms with Gasteiger partial charge in [0, 0.05) is 12.1 Å². The first kappa shape index (κ1) is 13.4. The zero-order valence-electron chi connectivity index (χ0n) is 11.4. The summed E-state index contributed by atoms with van der Waals surface area (Å²) in [5, 5.41) is 3.17. The van der Waals surface area contributed by atoms with Crippen LogP contribution in [-0.2, 0) is 0 Å². The number of halogens is 1. The Labute approximate surface area is 113 Å². The second-order valence-electron chi connectivity index (χ2n) is 4.63. The van der Waals surface area contributed by atoms with Crippen molar-refractivity contribution in [3.63, 3.8) is 0 Å². The fourth-order valence-electron chi connectivity index (χ4n) is 2.00. The molecule has 0 aliphatic carbocycles. The van der Waals surface area contributed by atoms with E-state index < -0.39 is 0 Å². The summed E-state index contributed by atoms with van der Waals surface area (Å²) in [6.45, 7) is 4.05. The third-order valence-corrected chi connectivity index (χ3v) is 3.09. The number of ether oxygens (including phenoxy) is 1. The van der Waals surface area contributed by atoms with Gasteiger partial charge in [-0.15, -0.1) is 0 Å². The van der Waals surface area contributed by atoms with Crippen LogP contribution < -0.4 is 10.1 Å². The molecular weight excluding hydrogens is 241 g/mol. The van der Waals surface area contributed by atoms with Gasteiger partial charge in [0.05, 0.1) is 12.8 Å². The molecule has 0 spiro atoms. The van der Waals surface area contributed by atoms with Crippen molar-refractivity contribution in [1.82, 2.24) is 0 Å². The standard InChI is InChI=1S/C16H18FNO/c1-11-5-4-6-13(9-11)12(2)18-16-10-14(19-3)7-8-15(16)17/h4-10,12,18H,1-3H3. The number of rotatable bonds is 4. The highest BCUT2D eigenvalue weighted by Gasteiger charge is 2.09. The van der Waals surface area contributed by atoms with Crippen LogP contribution in [0.3, 0.4) is 0 Å². The van der Waals surface area contributed by atoms with Crippen LogP contribution in [0.15, 0.2) is 42.5 Å². The molecule has 1 N–H and O–H groups in total. The second kappa shape index (κ2) is 5.74. The van der Waals surface area contributed by atoms with E-state index in [1.165, 1.54) is 11.6 Å². The maximum Gasteiger partial charge on any atom is 0.146 e. The number of benzene rings is 2. The summed E-state index contributed by atoms with van der Waals surface area (Å²) in [7, 11) is 1.57. The third-order valence-electron chi connectivity index (χ3n) is 3.09. The molecule has 1 unspecified atom stereocenters. The first-order chi connectivity index (χ1) is 9.10. The van der Waals surface area contributed by atoms with E-state index in [1.807, 2.05) is 32.0 Å². The van der Waals surface area contributed by atoms with E-state index in [2.05, 4.69) is 11.4 Å². The van der Waals surface area contributed by atoms with Crippen LogP contribution in [0.5, 0.6) is 5.75 Å². The van der Waals surface area contributed by atoms with Gasteiger partial charge in [0.15, 0.2) is 0 Å². The molecule has 1 atom stereocenters. The second-order valence-corrected chi connectivity index (χ2v) is 4.63. The van der Waals surface area contributed by atoms with Crippen molar-refractivity contribution < 1.29 is 9.13 Å². The zero-order chi connectivity index (χ0) is 13.8. The zero-order valence-corrected chi connectivity index (χ0v) is 11.4. The van der Waals surface area contributed by atoms with E-state index in [1.54, 1.807) is 19.2 Å². The van der Waals surface area contributed by atoms with Crippen LogP contribution in [0.2, 0.25) is 0 Å². The lowest BCUT2D eigenvalue weighted by Gasteiger charge is -2.17. The Kier molecular flexibility index (Phi) is 4.05. The summed E-state index contributed by atoms with van der Waals surface area (Å²) < 4.78 is 18.9. The van der Waals surface area contributed by atoms with Crippen molar-refractivity contribution in [3.8, 4) is 5.75 Å². The monoisotopic (exact) mass is 259 g/mol. The minimum Gasteiger partial charge on any atom is -0.497 e. The Morgan fingerprint density at radius 3 is 2.63 bits per heavy atom. The van der Waals surface area contributed by atoms with Gasteiger partial charge in [0.1, 0.15) is 11.6 Å². The molecule has 100 valence electrons. The maximum atomic E-state index is 13.7. The van der Waals surface area contributed by atoms with Crippen molar-refractivity contribution in [3.05, 3.63) is 59.4 Å². The molecule has 2 aromatic carbocycles. The maximum absolute atomic E-state index is 13.7. The van der Waals surface area contributed by atoms with Crippen LogP contribution in [0, 0.1) is 12.7 Å². The first-order valence-corrected chi connectivity index (χ1v) is 6.27. The van der Waals surface area contributed by atoms with Crippen molar-refractivity contribution in [2.75, 3.05) is 12.4 Å². The molecule has 0 amide bonds. The molecule has 0 heterocycles. The first-order valence-electron chi connectivity index (χ1n) is 6.27. The van der Waals surface area contributed by atoms with E-state index in [-0.39, 0.29) is 11.9 Å². The molecule has 2 aromatic rings. The summed E-state index contributed by atoms with van der Waals surface area (Å²) in [6.07, 6.45) is 0. The van der Waals surface area contributed by atoms with E-state index in [9.17, 15) is 4.39 Å². The average molecular weight is 259 g/mol. The van der Waals surface area contributed by atoms with Gasteiger partial charge >= 0.3 is 0 Å². The van der Waals surface area contributed by atoms with Crippen LogP contribution >= 0.6 is 0 Å². The number of anilines is 1. The summed E-state index contributed by atoms with van der Waals surface area (Å²) in [4.78, 5) is 0. The Morgan fingerprint density at radius 2 is 1.95 bits per heavy atom. The van der Waals surface area contributed by atoms with E-state index in [4.69, 9.17) is 4.74 Å². The van der Waals surface area contributed by atoms with Crippen LogP contribution in [-0.4, -0.2) is 7.11 Å². The third kappa shape index (κ3) is 3.25. The van der Waals surface area contributed by atoms with E-state index in [0.717, 1.165) is 5.56 Å². The topological polar surface area (TPSA) is 21.3 Å². The molecule has 0 bridgehead atoms. The summed E-state index contributed by atoms with van der Waals surface area (Å²) in [5.41, 5.74) is 2.77. The molecule has 2 rings (SSSR count). The van der Waals surface area contributed by atoms with Gasteiger partial charge in [0.25, 0.3) is 0 Å². The van der Waals surface area contributed by atoms with Gasteiger partial charge in [-0.25, -0.2) is 4.39 Å².